The van der Waals surface area contributed by atoms with Gasteiger partial charge in [0.1, 0.15) is 11.2 Å². The predicted octanol–water partition coefficient (Wildman–Crippen LogP) is 1.39. The minimum absolute atomic E-state index is 0.0744. The van der Waals surface area contributed by atoms with Gasteiger partial charge in [0.25, 0.3) is 0 Å². The molecule has 2 rings (SSSR count). The van der Waals surface area contributed by atoms with Crippen molar-refractivity contribution < 1.29 is 19.4 Å². The zero-order valence-corrected chi connectivity index (χ0v) is 11.0. The van der Waals surface area contributed by atoms with E-state index in [-0.39, 0.29) is 12.3 Å². The largest absolute Gasteiger partial charge is 0.493 e. The number of amides is 1. The Hall–Kier alpha value is -2.04. The fourth-order valence-corrected chi connectivity index (χ4v) is 2.44. The van der Waals surface area contributed by atoms with Crippen molar-refractivity contribution in [3.63, 3.8) is 0 Å². The second-order valence-electron chi connectivity index (χ2n) is 4.97. The molecule has 2 unspecified atom stereocenters. The highest BCUT2D eigenvalue weighted by Gasteiger charge is 2.44. The molecule has 0 radical (unpaired) electrons. The summed E-state index contributed by atoms with van der Waals surface area (Å²) in [4.78, 5) is 23.3. The summed E-state index contributed by atoms with van der Waals surface area (Å²) in [6, 6.07) is 7.53. The van der Waals surface area contributed by atoms with E-state index in [4.69, 9.17) is 4.74 Å². The molecule has 19 heavy (non-hydrogen) atoms. The van der Waals surface area contributed by atoms with Gasteiger partial charge in [0.05, 0.1) is 6.61 Å². The number of carboxylic acids is 1. The standard InChI is InChI=1S/C14H17NO4/c1-14(13(17)18,12(16)15-2)7-9-8-19-11-6-4-3-5-10(9)11/h3-6,9H,7-8H2,1-2H3,(H,15,16)(H,17,18). The average molecular weight is 263 g/mol. The van der Waals surface area contributed by atoms with Gasteiger partial charge in [-0.15, -0.1) is 0 Å². The fourth-order valence-electron chi connectivity index (χ4n) is 2.44. The van der Waals surface area contributed by atoms with Crippen LogP contribution in [0.5, 0.6) is 5.75 Å². The summed E-state index contributed by atoms with van der Waals surface area (Å²) in [7, 11) is 1.45. The first-order valence-corrected chi connectivity index (χ1v) is 6.16. The Morgan fingerprint density at radius 2 is 2.16 bits per heavy atom. The molecular formula is C14H17NO4. The molecule has 5 heteroatoms. The first-order chi connectivity index (χ1) is 8.99. The van der Waals surface area contributed by atoms with Crippen LogP contribution in [0, 0.1) is 5.41 Å². The maximum atomic E-state index is 11.8. The molecule has 2 N–H and O–H groups in total. The van der Waals surface area contributed by atoms with Crippen LogP contribution in [-0.2, 0) is 9.59 Å². The summed E-state index contributed by atoms with van der Waals surface area (Å²) in [6.45, 7) is 1.87. The molecule has 1 heterocycles. The van der Waals surface area contributed by atoms with E-state index >= 15 is 0 Å². The molecule has 1 aromatic rings. The van der Waals surface area contributed by atoms with E-state index in [9.17, 15) is 14.7 Å². The lowest BCUT2D eigenvalue weighted by Gasteiger charge is -2.25. The molecule has 1 amide bonds. The third-order valence-electron chi connectivity index (χ3n) is 3.65. The molecule has 2 atom stereocenters. The smallest absolute Gasteiger partial charge is 0.318 e. The lowest BCUT2D eigenvalue weighted by Crippen LogP contribution is -2.44. The van der Waals surface area contributed by atoms with E-state index in [0.29, 0.717) is 6.61 Å². The Bertz CT molecular complexity index is 514. The van der Waals surface area contributed by atoms with E-state index in [2.05, 4.69) is 5.32 Å². The number of nitrogens with one attached hydrogen (secondary N) is 1. The van der Waals surface area contributed by atoms with Crippen LogP contribution in [0.15, 0.2) is 24.3 Å². The molecule has 0 aromatic heterocycles. The van der Waals surface area contributed by atoms with Crippen LogP contribution < -0.4 is 10.1 Å². The number of aliphatic carboxylic acids is 1. The Labute approximate surface area is 111 Å². The van der Waals surface area contributed by atoms with Crippen LogP contribution in [0.3, 0.4) is 0 Å². The molecule has 5 nitrogen and oxygen atoms in total. The third kappa shape index (κ3) is 2.28. The molecular weight excluding hydrogens is 246 g/mol. The van der Waals surface area contributed by atoms with Crippen molar-refractivity contribution >= 4 is 11.9 Å². The van der Waals surface area contributed by atoms with Crippen molar-refractivity contribution in [2.75, 3.05) is 13.7 Å². The summed E-state index contributed by atoms with van der Waals surface area (Å²) < 4.78 is 5.53. The van der Waals surface area contributed by atoms with Crippen LogP contribution in [0.4, 0.5) is 0 Å². The lowest BCUT2D eigenvalue weighted by atomic mass is 9.78. The van der Waals surface area contributed by atoms with Crippen molar-refractivity contribution in [3.8, 4) is 5.75 Å². The summed E-state index contributed by atoms with van der Waals surface area (Å²) in [5.74, 6) is -0.896. The number of rotatable bonds is 4. The number of hydrogen-bond donors (Lipinski definition) is 2. The fraction of sp³-hybridized carbons (Fsp3) is 0.429. The highest BCUT2D eigenvalue weighted by Crippen LogP contribution is 2.40. The molecule has 1 aliphatic heterocycles. The van der Waals surface area contributed by atoms with Gasteiger partial charge in [-0.3, -0.25) is 9.59 Å². The number of ether oxygens (including phenoxy) is 1. The van der Waals surface area contributed by atoms with Crippen LogP contribution >= 0.6 is 0 Å². The second kappa shape index (κ2) is 4.91. The van der Waals surface area contributed by atoms with Gasteiger partial charge < -0.3 is 15.2 Å². The van der Waals surface area contributed by atoms with Crippen molar-refractivity contribution in [2.45, 2.75) is 19.3 Å². The Morgan fingerprint density at radius 3 is 2.79 bits per heavy atom. The van der Waals surface area contributed by atoms with Crippen LogP contribution in [0.2, 0.25) is 0 Å². The quantitative estimate of drug-likeness (QED) is 0.805. The number of hydrogen-bond acceptors (Lipinski definition) is 3. The summed E-state index contributed by atoms with van der Waals surface area (Å²) >= 11 is 0. The molecule has 1 aliphatic rings. The zero-order chi connectivity index (χ0) is 14.0. The first kappa shape index (κ1) is 13.4. The van der Waals surface area contributed by atoms with Crippen LogP contribution in [0.25, 0.3) is 0 Å². The molecule has 0 saturated carbocycles. The van der Waals surface area contributed by atoms with Crippen LogP contribution in [0.1, 0.15) is 24.8 Å². The maximum absolute atomic E-state index is 11.8. The van der Waals surface area contributed by atoms with Crippen molar-refractivity contribution in [1.82, 2.24) is 5.32 Å². The molecule has 0 bridgehead atoms. The number of fused-ring (bicyclic) bond motifs is 1. The van der Waals surface area contributed by atoms with E-state index in [1.165, 1.54) is 14.0 Å². The van der Waals surface area contributed by atoms with Crippen molar-refractivity contribution in [2.24, 2.45) is 5.41 Å². The van der Waals surface area contributed by atoms with Gasteiger partial charge in [-0.05, 0) is 19.4 Å². The van der Waals surface area contributed by atoms with Crippen LogP contribution in [-0.4, -0.2) is 30.6 Å². The predicted molar refractivity (Wildman–Crippen MR) is 69.1 cm³/mol. The summed E-state index contributed by atoms with van der Waals surface area (Å²) in [6.07, 6.45) is 0.221. The van der Waals surface area contributed by atoms with Crippen molar-refractivity contribution in [3.05, 3.63) is 29.8 Å². The maximum Gasteiger partial charge on any atom is 0.318 e. The molecule has 102 valence electrons. The highest BCUT2D eigenvalue weighted by molar-refractivity contribution is 6.01. The zero-order valence-electron chi connectivity index (χ0n) is 11.0. The molecule has 1 aromatic carbocycles. The van der Waals surface area contributed by atoms with Gasteiger partial charge in [-0.25, -0.2) is 0 Å². The summed E-state index contributed by atoms with van der Waals surface area (Å²) in [5.41, 5.74) is -0.473. The Kier molecular flexibility index (Phi) is 3.46. The number of carbonyl (C=O) groups excluding carboxylic acids is 1. The molecule has 0 fully saturated rings. The minimum atomic E-state index is -1.44. The van der Waals surface area contributed by atoms with E-state index in [1.54, 1.807) is 0 Å². The first-order valence-electron chi connectivity index (χ1n) is 6.16. The van der Waals surface area contributed by atoms with Gasteiger partial charge in [-0.1, -0.05) is 18.2 Å². The third-order valence-corrected chi connectivity index (χ3v) is 3.65. The molecule has 0 aliphatic carbocycles. The monoisotopic (exact) mass is 263 g/mol. The Morgan fingerprint density at radius 1 is 1.47 bits per heavy atom. The van der Waals surface area contributed by atoms with Gasteiger partial charge in [0.15, 0.2) is 0 Å². The average Bonchev–Trinajstić information content (AvgIpc) is 2.81. The van der Waals surface area contributed by atoms with Gasteiger partial charge in [-0.2, -0.15) is 0 Å². The Balaban J connectivity index is 2.25. The van der Waals surface area contributed by atoms with E-state index in [1.807, 2.05) is 24.3 Å². The topological polar surface area (TPSA) is 75.6 Å². The van der Waals surface area contributed by atoms with Gasteiger partial charge >= 0.3 is 5.97 Å². The number of para-hydroxylation sites is 1. The SMILES string of the molecule is CNC(=O)C(C)(CC1COc2ccccc21)C(=O)O. The number of carboxylic acid groups (broad SMARTS) is 1. The number of carbonyl (C=O) groups is 2. The molecule has 0 spiro atoms. The van der Waals surface area contributed by atoms with Crippen molar-refractivity contribution in [1.29, 1.82) is 0 Å². The van der Waals surface area contributed by atoms with E-state index in [0.717, 1.165) is 11.3 Å². The highest BCUT2D eigenvalue weighted by atomic mass is 16.5. The van der Waals surface area contributed by atoms with E-state index < -0.39 is 17.3 Å². The van der Waals surface area contributed by atoms with Gasteiger partial charge in [0.2, 0.25) is 5.91 Å². The molecule has 0 saturated heterocycles. The normalized spacial score (nSPS) is 20.0. The van der Waals surface area contributed by atoms with Gasteiger partial charge in [0, 0.05) is 18.5 Å². The lowest BCUT2D eigenvalue weighted by molar-refractivity contribution is -0.155. The minimum Gasteiger partial charge on any atom is -0.493 e. The summed E-state index contributed by atoms with van der Waals surface area (Å²) in [5, 5.41) is 11.8. The second-order valence-corrected chi connectivity index (χ2v) is 4.97. The number of benzene rings is 1.